The second-order valence-electron chi connectivity index (χ2n) is 10.1. The fraction of sp³-hybridized carbons (Fsp3) is 0.433. The normalized spacial score (nSPS) is 19.5. The van der Waals surface area contributed by atoms with Crippen molar-refractivity contribution in [1.29, 1.82) is 0 Å². The summed E-state index contributed by atoms with van der Waals surface area (Å²) in [4.78, 5) is 4.94. The molecule has 2 saturated carbocycles. The van der Waals surface area contributed by atoms with E-state index in [1.807, 2.05) is 0 Å². The molecule has 0 spiro atoms. The van der Waals surface area contributed by atoms with Gasteiger partial charge in [-0.05, 0) is 68.4 Å². The van der Waals surface area contributed by atoms with Gasteiger partial charge in [-0.3, -0.25) is 4.99 Å². The number of aromatic nitrogens is 1. The first kappa shape index (κ1) is 21.2. The number of hydrogen-bond donors (Lipinski definition) is 0. The van der Waals surface area contributed by atoms with E-state index in [-0.39, 0.29) is 0 Å². The fourth-order valence-electron chi connectivity index (χ4n) is 5.37. The Bertz CT molecular complexity index is 1170. The molecule has 166 valence electrons. The molecule has 1 unspecified atom stereocenters. The summed E-state index contributed by atoms with van der Waals surface area (Å²) in [5.74, 6) is 1.60. The first-order valence-electron chi connectivity index (χ1n) is 12.5. The van der Waals surface area contributed by atoms with Gasteiger partial charge in [0.1, 0.15) is 0 Å². The van der Waals surface area contributed by atoms with Gasteiger partial charge in [0.05, 0.1) is 12.1 Å². The first-order valence-corrected chi connectivity index (χ1v) is 12.5. The van der Waals surface area contributed by atoms with Gasteiger partial charge >= 0.3 is 0 Å². The van der Waals surface area contributed by atoms with E-state index < -0.39 is 0 Å². The molecule has 2 fully saturated rings. The highest BCUT2D eigenvalue weighted by Gasteiger charge is 2.30. The number of rotatable bonds is 8. The summed E-state index contributed by atoms with van der Waals surface area (Å²) >= 11 is 0. The van der Waals surface area contributed by atoms with Gasteiger partial charge in [0, 0.05) is 34.0 Å². The van der Waals surface area contributed by atoms with Crippen molar-refractivity contribution >= 4 is 22.2 Å². The predicted molar refractivity (Wildman–Crippen MR) is 138 cm³/mol. The van der Waals surface area contributed by atoms with Crippen LogP contribution in [0.5, 0.6) is 0 Å². The van der Waals surface area contributed by atoms with E-state index in [1.54, 1.807) is 0 Å². The topological polar surface area (TPSA) is 17.3 Å². The van der Waals surface area contributed by atoms with Crippen LogP contribution in [-0.2, 0) is 6.42 Å². The van der Waals surface area contributed by atoms with Crippen molar-refractivity contribution in [1.82, 2.24) is 4.57 Å². The molecular formula is C30H36N2. The number of fused-ring (bicyclic) bond motifs is 1. The van der Waals surface area contributed by atoms with E-state index in [0.29, 0.717) is 6.54 Å². The highest BCUT2D eigenvalue weighted by molar-refractivity contribution is 6.02. The minimum atomic E-state index is 0.716. The van der Waals surface area contributed by atoms with E-state index in [1.165, 1.54) is 89.6 Å². The first-order chi connectivity index (χ1) is 15.5. The third-order valence-corrected chi connectivity index (χ3v) is 7.54. The Balaban J connectivity index is 1.54. The molecule has 2 nitrogen and oxygen atoms in total. The summed E-state index contributed by atoms with van der Waals surface area (Å²) in [6, 6.07) is 16.0. The Hall–Kier alpha value is -2.61. The standard InChI is InChI=1S/C30H36N2/c1-5-7-25-18-28(25)31-19-21(3)30-22(4)32(26-13-10-20(2)11-14-26)29-17-24(12-15-27(29)30)16-23-8-6-9-23/h10-15,17,23,25H,3,5-9,16,18-19H2,1-2,4H3. The lowest BCUT2D eigenvalue weighted by molar-refractivity contribution is 0.314. The molecular weight excluding hydrogens is 388 g/mol. The van der Waals surface area contributed by atoms with Crippen LogP contribution in [0.2, 0.25) is 0 Å². The average Bonchev–Trinajstić information content (AvgIpc) is 3.43. The number of aliphatic imine (C=N–C) groups is 1. The SMILES string of the molecule is C=C(CN=C1CC1CCC)c1c(C)n(-c2ccc(C)cc2)c2cc(CC3CCC3)ccc12. The van der Waals surface area contributed by atoms with Crippen LogP contribution in [0.3, 0.4) is 0 Å². The number of nitrogens with zero attached hydrogens (tertiary/aromatic N) is 2. The van der Waals surface area contributed by atoms with Crippen LogP contribution in [-0.4, -0.2) is 16.8 Å². The van der Waals surface area contributed by atoms with Crippen molar-refractivity contribution in [3.05, 3.63) is 71.4 Å². The maximum Gasteiger partial charge on any atom is 0.0640 e. The molecule has 0 aliphatic heterocycles. The van der Waals surface area contributed by atoms with E-state index in [0.717, 1.165) is 17.4 Å². The monoisotopic (exact) mass is 424 g/mol. The van der Waals surface area contributed by atoms with Crippen molar-refractivity contribution in [3.8, 4) is 5.69 Å². The van der Waals surface area contributed by atoms with Crippen LogP contribution >= 0.6 is 0 Å². The zero-order chi connectivity index (χ0) is 22.2. The van der Waals surface area contributed by atoms with Crippen LogP contribution in [0.25, 0.3) is 22.2 Å². The van der Waals surface area contributed by atoms with Crippen molar-refractivity contribution < 1.29 is 0 Å². The molecule has 0 radical (unpaired) electrons. The highest BCUT2D eigenvalue weighted by Crippen LogP contribution is 2.37. The predicted octanol–water partition coefficient (Wildman–Crippen LogP) is 7.86. The summed E-state index contributed by atoms with van der Waals surface area (Å²) < 4.78 is 2.43. The van der Waals surface area contributed by atoms with E-state index >= 15 is 0 Å². The smallest absolute Gasteiger partial charge is 0.0640 e. The Kier molecular flexibility index (Phi) is 5.80. The lowest BCUT2D eigenvalue weighted by Crippen LogP contribution is -2.13. The van der Waals surface area contributed by atoms with Crippen molar-refractivity contribution in [2.45, 2.75) is 65.7 Å². The third-order valence-electron chi connectivity index (χ3n) is 7.54. The largest absolute Gasteiger partial charge is 0.313 e. The molecule has 2 aliphatic rings. The van der Waals surface area contributed by atoms with Gasteiger partial charge in [-0.2, -0.15) is 0 Å². The molecule has 2 aliphatic carbocycles. The molecule has 1 heterocycles. The summed E-state index contributed by atoms with van der Waals surface area (Å²) in [6.07, 6.45) is 9.09. The molecule has 3 aromatic rings. The van der Waals surface area contributed by atoms with Crippen LogP contribution in [0, 0.1) is 25.7 Å². The van der Waals surface area contributed by atoms with Gasteiger partial charge < -0.3 is 4.57 Å². The fourth-order valence-corrected chi connectivity index (χ4v) is 5.37. The molecule has 0 amide bonds. The molecule has 1 aromatic heterocycles. The van der Waals surface area contributed by atoms with E-state index in [9.17, 15) is 0 Å². The summed E-state index contributed by atoms with van der Waals surface area (Å²) in [5, 5.41) is 1.31. The summed E-state index contributed by atoms with van der Waals surface area (Å²) in [6.45, 7) is 11.9. The molecule has 1 atom stereocenters. The molecule has 5 rings (SSSR count). The molecule has 0 bridgehead atoms. The average molecular weight is 425 g/mol. The second-order valence-corrected chi connectivity index (χ2v) is 10.1. The van der Waals surface area contributed by atoms with Gasteiger partial charge in [0.25, 0.3) is 0 Å². The van der Waals surface area contributed by atoms with Crippen LogP contribution < -0.4 is 0 Å². The van der Waals surface area contributed by atoms with Crippen molar-refractivity contribution in [2.24, 2.45) is 16.8 Å². The number of benzene rings is 2. The minimum Gasteiger partial charge on any atom is -0.313 e. The minimum absolute atomic E-state index is 0.716. The zero-order valence-corrected chi connectivity index (χ0v) is 20.0. The summed E-state index contributed by atoms with van der Waals surface area (Å²) in [7, 11) is 0. The van der Waals surface area contributed by atoms with Crippen LogP contribution in [0.1, 0.15) is 67.8 Å². The Morgan fingerprint density at radius 3 is 2.56 bits per heavy atom. The lowest BCUT2D eigenvalue weighted by atomic mass is 9.81. The van der Waals surface area contributed by atoms with Gasteiger partial charge in [0.15, 0.2) is 0 Å². The van der Waals surface area contributed by atoms with Gasteiger partial charge in [-0.1, -0.05) is 69.0 Å². The molecule has 0 N–H and O–H groups in total. The molecule has 2 heteroatoms. The van der Waals surface area contributed by atoms with Crippen LogP contribution in [0.4, 0.5) is 0 Å². The number of hydrogen-bond acceptors (Lipinski definition) is 1. The summed E-state index contributed by atoms with van der Waals surface area (Å²) in [5.41, 5.74) is 10.4. The van der Waals surface area contributed by atoms with Gasteiger partial charge in [0.2, 0.25) is 0 Å². The number of aryl methyl sites for hydroxylation is 1. The van der Waals surface area contributed by atoms with Gasteiger partial charge in [-0.25, -0.2) is 0 Å². The Labute approximate surface area is 193 Å². The maximum atomic E-state index is 4.94. The zero-order valence-electron chi connectivity index (χ0n) is 20.0. The van der Waals surface area contributed by atoms with E-state index in [2.05, 4.69) is 74.4 Å². The van der Waals surface area contributed by atoms with Crippen LogP contribution in [0.15, 0.2) is 54.0 Å². The van der Waals surface area contributed by atoms with Crippen molar-refractivity contribution in [3.63, 3.8) is 0 Å². The molecule has 32 heavy (non-hydrogen) atoms. The second kappa shape index (κ2) is 8.73. The third kappa shape index (κ3) is 4.08. The molecule has 0 saturated heterocycles. The molecule has 2 aromatic carbocycles. The Morgan fingerprint density at radius 1 is 1.09 bits per heavy atom. The van der Waals surface area contributed by atoms with E-state index in [4.69, 9.17) is 4.99 Å². The van der Waals surface area contributed by atoms with Gasteiger partial charge in [-0.15, -0.1) is 0 Å². The lowest BCUT2D eigenvalue weighted by Gasteiger charge is -2.25. The van der Waals surface area contributed by atoms with Crippen molar-refractivity contribution in [2.75, 3.05) is 6.54 Å². The quantitative estimate of drug-likeness (QED) is 0.350. The Morgan fingerprint density at radius 2 is 1.88 bits per heavy atom. The highest BCUT2D eigenvalue weighted by atomic mass is 15.0. The maximum absolute atomic E-state index is 4.94.